The van der Waals surface area contributed by atoms with E-state index in [0.29, 0.717) is 62.1 Å². The molecule has 1 aromatic rings. The van der Waals surface area contributed by atoms with E-state index in [1.54, 1.807) is 12.1 Å². The molecule has 1 aromatic carbocycles. The van der Waals surface area contributed by atoms with Crippen molar-refractivity contribution in [3.05, 3.63) is 17.7 Å². The minimum absolute atomic E-state index is 0.115. The van der Waals surface area contributed by atoms with Crippen LogP contribution in [0.4, 0.5) is 0 Å². The van der Waals surface area contributed by atoms with Gasteiger partial charge in [-0.2, -0.15) is 0 Å². The fourth-order valence-corrected chi connectivity index (χ4v) is 4.81. The Morgan fingerprint density at radius 2 is 1.64 bits per heavy atom. The number of hydrogen-bond acceptors (Lipinski definition) is 9. The Kier molecular flexibility index (Phi) is 11.1. The molecular formula is C26H43N3O7. The average Bonchev–Trinajstić information content (AvgIpc) is 2.87. The highest BCUT2D eigenvalue weighted by atomic mass is 16.5. The molecule has 0 spiro atoms. The molecule has 0 unspecified atom stereocenters. The van der Waals surface area contributed by atoms with Gasteiger partial charge in [0, 0.05) is 57.9 Å². The van der Waals surface area contributed by atoms with E-state index < -0.39 is 6.10 Å². The Labute approximate surface area is 215 Å². The van der Waals surface area contributed by atoms with Crippen molar-refractivity contribution in [2.75, 3.05) is 93.5 Å². The Morgan fingerprint density at radius 1 is 1.03 bits per heavy atom. The van der Waals surface area contributed by atoms with E-state index in [2.05, 4.69) is 23.6 Å². The molecule has 2 aliphatic rings. The van der Waals surface area contributed by atoms with Crippen molar-refractivity contribution in [3.8, 4) is 17.2 Å². The van der Waals surface area contributed by atoms with Gasteiger partial charge in [-0.25, -0.2) is 0 Å². The molecule has 2 saturated heterocycles. The summed E-state index contributed by atoms with van der Waals surface area (Å²) in [5.41, 5.74) is 0.471. The van der Waals surface area contributed by atoms with Crippen molar-refractivity contribution in [1.29, 1.82) is 0 Å². The first-order valence-electron chi connectivity index (χ1n) is 12.8. The van der Waals surface area contributed by atoms with Crippen LogP contribution in [0.25, 0.3) is 0 Å². The maximum atomic E-state index is 13.6. The molecule has 0 aromatic heterocycles. The van der Waals surface area contributed by atoms with E-state index in [9.17, 15) is 9.90 Å². The number of carbonyl (C=O) groups excluding carboxylic acids is 1. The summed E-state index contributed by atoms with van der Waals surface area (Å²) in [5, 5.41) is 10.7. The predicted octanol–water partition coefficient (Wildman–Crippen LogP) is 1.20. The SMILES string of the molecule is COc1cc(C(=O)N(CC(C)C)C[C@@H]2CN(C[C@@H](O)CN3CCOCC3)CCO2)cc(OC)c1OC. The number of benzene rings is 1. The van der Waals surface area contributed by atoms with Gasteiger partial charge < -0.3 is 33.7 Å². The van der Waals surface area contributed by atoms with Crippen molar-refractivity contribution < 1.29 is 33.6 Å². The van der Waals surface area contributed by atoms with E-state index in [1.165, 1.54) is 21.3 Å². The monoisotopic (exact) mass is 509 g/mol. The lowest BCUT2D eigenvalue weighted by Crippen LogP contribution is -2.52. The number of amides is 1. The molecule has 0 saturated carbocycles. The quantitative estimate of drug-likeness (QED) is 0.446. The second kappa shape index (κ2) is 14.0. The van der Waals surface area contributed by atoms with E-state index in [0.717, 1.165) is 32.8 Å². The lowest BCUT2D eigenvalue weighted by Gasteiger charge is -2.37. The molecule has 0 radical (unpaired) electrons. The lowest BCUT2D eigenvalue weighted by atomic mass is 10.1. The number of aliphatic hydroxyl groups is 1. The van der Waals surface area contributed by atoms with Crippen LogP contribution < -0.4 is 14.2 Å². The lowest BCUT2D eigenvalue weighted by molar-refractivity contribution is -0.0560. The van der Waals surface area contributed by atoms with Gasteiger partial charge in [0.05, 0.1) is 53.4 Å². The van der Waals surface area contributed by atoms with Crippen LogP contribution in [-0.2, 0) is 9.47 Å². The van der Waals surface area contributed by atoms with Gasteiger partial charge in [0.2, 0.25) is 5.75 Å². The van der Waals surface area contributed by atoms with Crippen LogP contribution >= 0.6 is 0 Å². The molecule has 0 bridgehead atoms. The van der Waals surface area contributed by atoms with E-state index in [-0.39, 0.29) is 17.9 Å². The van der Waals surface area contributed by atoms with Crippen molar-refractivity contribution >= 4 is 5.91 Å². The Morgan fingerprint density at radius 3 is 2.22 bits per heavy atom. The van der Waals surface area contributed by atoms with Gasteiger partial charge in [0.15, 0.2) is 11.5 Å². The van der Waals surface area contributed by atoms with Crippen LogP contribution in [-0.4, -0.2) is 131 Å². The largest absolute Gasteiger partial charge is 0.493 e. The fourth-order valence-electron chi connectivity index (χ4n) is 4.81. The second-order valence-corrected chi connectivity index (χ2v) is 9.84. The maximum Gasteiger partial charge on any atom is 0.254 e. The van der Waals surface area contributed by atoms with Crippen molar-refractivity contribution in [3.63, 3.8) is 0 Å². The minimum Gasteiger partial charge on any atom is -0.493 e. The first-order valence-corrected chi connectivity index (χ1v) is 12.8. The van der Waals surface area contributed by atoms with E-state index in [4.69, 9.17) is 23.7 Å². The Balaban J connectivity index is 1.65. The molecule has 10 heteroatoms. The molecule has 1 amide bonds. The van der Waals surface area contributed by atoms with Crippen LogP contribution in [0, 0.1) is 5.92 Å². The maximum absolute atomic E-state index is 13.6. The Hall–Kier alpha value is -2.11. The number of rotatable bonds is 12. The van der Waals surface area contributed by atoms with E-state index in [1.807, 2.05) is 4.90 Å². The summed E-state index contributed by atoms with van der Waals surface area (Å²) in [6.07, 6.45) is -0.575. The molecule has 204 valence electrons. The number of methoxy groups -OCH3 is 3. The third kappa shape index (κ3) is 7.94. The summed E-state index contributed by atoms with van der Waals surface area (Å²) in [6.45, 7) is 11.6. The zero-order chi connectivity index (χ0) is 26.1. The number of morpholine rings is 2. The molecule has 2 fully saturated rings. The second-order valence-electron chi connectivity index (χ2n) is 9.84. The van der Waals surface area contributed by atoms with Gasteiger partial charge in [-0.1, -0.05) is 13.8 Å². The number of β-amino-alcohol motifs (C(OH)–C–C–N with tert-alkyl or cyclic N) is 1. The summed E-state index contributed by atoms with van der Waals surface area (Å²) < 4.78 is 27.7. The zero-order valence-electron chi connectivity index (χ0n) is 22.4. The van der Waals surface area contributed by atoms with E-state index >= 15 is 0 Å². The molecule has 10 nitrogen and oxygen atoms in total. The zero-order valence-corrected chi connectivity index (χ0v) is 22.4. The third-order valence-corrected chi connectivity index (χ3v) is 6.47. The molecule has 36 heavy (non-hydrogen) atoms. The van der Waals surface area contributed by atoms with Gasteiger partial charge in [-0.3, -0.25) is 14.6 Å². The third-order valence-electron chi connectivity index (χ3n) is 6.47. The molecule has 1 N–H and O–H groups in total. The molecule has 3 rings (SSSR count). The number of hydrogen-bond donors (Lipinski definition) is 1. The summed E-state index contributed by atoms with van der Waals surface area (Å²) >= 11 is 0. The van der Waals surface area contributed by atoms with Crippen LogP contribution in [0.1, 0.15) is 24.2 Å². The number of nitrogens with zero attached hydrogens (tertiary/aromatic N) is 3. The standard InChI is InChI=1S/C26H43N3O7/c1-19(2)14-29(26(31)20-12-23(32-3)25(34-5)24(13-20)33-4)18-22-17-28(8-11-36-22)16-21(30)15-27-6-9-35-10-7-27/h12-13,19,21-22,30H,6-11,14-18H2,1-5H3/t21-,22-/m0/s1. The van der Waals surface area contributed by atoms with Gasteiger partial charge >= 0.3 is 0 Å². The van der Waals surface area contributed by atoms with Crippen molar-refractivity contribution in [2.24, 2.45) is 5.92 Å². The average molecular weight is 510 g/mol. The smallest absolute Gasteiger partial charge is 0.254 e. The Bertz CT molecular complexity index is 807. The van der Waals surface area contributed by atoms with Crippen LogP contribution in [0.15, 0.2) is 12.1 Å². The van der Waals surface area contributed by atoms with Crippen molar-refractivity contribution in [1.82, 2.24) is 14.7 Å². The summed E-state index contributed by atoms with van der Waals surface area (Å²) in [7, 11) is 4.61. The highest BCUT2D eigenvalue weighted by Crippen LogP contribution is 2.38. The molecular weight excluding hydrogens is 466 g/mol. The molecule has 0 aliphatic carbocycles. The van der Waals surface area contributed by atoms with Crippen LogP contribution in [0.5, 0.6) is 17.2 Å². The number of aliphatic hydroxyl groups excluding tert-OH is 1. The van der Waals surface area contributed by atoms with Crippen LogP contribution in [0.3, 0.4) is 0 Å². The molecule has 2 atom stereocenters. The number of ether oxygens (including phenoxy) is 5. The number of carbonyl (C=O) groups is 1. The highest BCUT2D eigenvalue weighted by Gasteiger charge is 2.28. The summed E-state index contributed by atoms with van der Waals surface area (Å²) in [4.78, 5) is 19.9. The van der Waals surface area contributed by atoms with Gasteiger partial charge in [-0.15, -0.1) is 0 Å². The molecule has 2 aliphatic heterocycles. The van der Waals surface area contributed by atoms with Gasteiger partial charge in [0.25, 0.3) is 5.91 Å². The first kappa shape index (κ1) is 28.5. The van der Waals surface area contributed by atoms with Crippen molar-refractivity contribution in [2.45, 2.75) is 26.1 Å². The summed E-state index contributed by atoms with van der Waals surface area (Å²) in [6, 6.07) is 3.38. The van der Waals surface area contributed by atoms with Gasteiger partial charge in [-0.05, 0) is 18.1 Å². The van der Waals surface area contributed by atoms with Gasteiger partial charge in [0.1, 0.15) is 0 Å². The summed E-state index contributed by atoms with van der Waals surface area (Å²) in [5.74, 6) is 1.51. The highest BCUT2D eigenvalue weighted by molar-refractivity contribution is 5.95. The predicted molar refractivity (Wildman–Crippen MR) is 136 cm³/mol. The fraction of sp³-hybridized carbons (Fsp3) is 0.731. The van der Waals surface area contributed by atoms with Crippen LogP contribution in [0.2, 0.25) is 0 Å². The normalized spacial score (nSPS) is 20.2. The first-order chi connectivity index (χ1) is 17.3. The minimum atomic E-state index is -0.436. The topological polar surface area (TPSA) is 93.2 Å². The molecule has 2 heterocycles.